The molecule has 4 heterocycles. The lowest BCUT2D eigenvalue weighted by Crippen LogP contribution is -2.43. The molecule has 1 aromatic heterocycles. The fraction of sp³-hybridized carbons (Fsp3) is 0.441. The maximum absolute atomic E-state index is 14.2. The number of ether oxygens (including phenoxy) is 3. The van der Waals surface area contributed by atoms with E-state index in [4.69, 9.17) is 14.2 Å². The van der Waals surface area contributed by atoms with Crippen LogP contribution in [0.5, 0.6) is 5.75 Å². The van der Waals surface area contributed by atoms with Crippen molar-refractivity contribution in [2.45, 2.75) is 29.5 Å². The van der Waals surface area contributed by atoms with Gasteiger partial charge in [0.15, 0.2) is 6.61 Å². The summed E-state index contributed by atoms with van der Waals surface area (Å²) in [5.41, 5.74) is 1.64. The van der Waals surface area contributed by atoms with Gasteiger partial charge in [0.05, 0.1) is 47.9 Å². The van der Waals surface area contributed by atoms with Crippen LogP contribution in [0.1, 0.15) is 40.1 Å². The fourth-order valence-corrected chi connectivity index (χ4v) is 11.8. The number of morpholine rings is 1. The van der Waals surface area contributed by atoms with Crippen LogP contribution in [0.25, 0.3) is 0 Å². The van der Waals surface area contributed by atoms with E-state index in [9.17, 15) is 24.0 Å². The average Bonchev–Trinajstić information content (AvgIpc) is 3.83. The first-order valence-electron chi connectivity index (χ1n) is 16.1. The molecular weight excluding hydrogens is 722 g/mol. The maximum atomic E-state index is 14.2. The molecule has 3 amide bonds. The Labute approximate surface area is 292 Å². The van der Waals surface area contributed by atoms with Crippen molar-refractivity contribution in [3.63, 3.8) is 0 Å². The summed E-state index contributed by atoms with van der Waals surface area (Å²) < 4.78 is 17.5. The van der Waals surface area contributed by atoms with E-state index >= 15 is 0 Å². The fourth-order valence-electron chi connectivity index (χ4n) is 8.52. The van der Waals surface area contributed by atoms with Gasteiger partial charge in [0.1, 0.15) is 5.75 Å². The van der Waals surface area contributed by atoms with Crippen LogP contribution in [0.15, 0.2) is 56.8 Å². The van der Waals surface area contributed by atoms with Gasteiger partial charge in [0.25, 0.3) is 5.91 Å². The zero-order chi connectivity index (χ0) is 33.3. The number of anilines is 1. The van der Waals surface area contributed by atoms with E-state index in [-0.39, 0.29) is 64.7 Å². The molecule has 5 aliphatic rings. The van der Waals surface area contributed by atoms with E-state index in [2.05, 4.69) is 20.9 Å². The SMILES string of the molecule is CCOC(=O)c1ccc(N2C(=O)[C@H]3[C@H]4C[C@@H]([C@@H]3C2=O)[C@@H]2[C@H](c3cc(Br)ccc3OCC(=O)N3CCOCC3)c3sc(=O)[nH]c3S[C@H]42)cc1. The summed E-state index contributed by atoms with van der Waals surface area (Å²) in [4.78, 5) is 73.0. The third-order valence-corrected chi connectivity index (χ3v) is 13.5. The number of benzene rings is 2. The van der Waals surface area contributed by atoms with Crippen molar-refractivity contribution >= 4 is 68.4 Å². The van der Waals surface area contributed by atoms with Crippen molar-refractivity contribution in [3.8, 4) is 5.75 Å². The molecule has 1 N–H and O–H groups in total. The molecule has 0 unspecified atom stereocenters. The number of aromatic nitrogens is 1. The second-order valence-corrected chi connectivity index (χ2v) is 15.8. The lowest BCUT2D eigenvalue weighted by Gasteiger charge is -2.43. The molecule has 0 radical (unpaired) electrons. The van der Waals surface area contributed by atoms with Crippen LogP contribution in [0, 0.1) is 29.6 Å². The van der Waals surface area contributed by atoms with E-state index in [0.29, 0.717) is 43.3 Å². The first kappa shape index (κ1) is 31.8. The smallest absolute Gasteiger partial charge is 0.338 e. The van der Waals surface area contributed by atoms with E-state index in [1.54, 1.807) is 47.9 Å². The van der Waals surface area contributed by atoms with Crippen molar-refractivity contribution in [2.75, 3.05) is 44.4 Å². The van der Waals surface area contributed by atoms with Gasteiger partial charge in [-0.15, -0.1) is 11.8 Å². The summed E-state index contributed by atoms with van der Waals surface area (Å²) in [6, 6.07) is 12.1. The summed E-state index contributed by atoms with van der Waals surface area (Å²) in [5, 5.41) is 0.780. The number of thiazole rings is 1. The molecular formula is C34H32BrN3O8S2. The van der Waals surface area contributed by atoms with Crippen molar-refractivity contribution in [1.29, 1.82) is 0 Å². The number of rotatable bonds is 7. The van der Waals surface area contributed by atoms with Crippen molar-refractivity contribution in [3.05, 3.63) is 72.6 Å². The number of H-pyrrole nitrogens is 1. The number of halogens is 1. The molecule has 11 nitrogen and oxygen atoms in total. The lowest BCUT2D eigenvalue weighted by atomic mass is 9.68. The predicted octanol–water partition coefficient (Wildman–Crippen LogP) is 4.29. The highest BCUT2D eigenvalue weighted by molar-refractivity contribution is 9.10. The van der Waals surface area contributed by atoms with Crippen molar-refractivity contribution < 1.29 is 33.4 Å². The number of nitrogens with one attached hydrogen (secondary N) is 1. The Morgan fingerprint density at radius 3 is 2.48 bits per heavy atom. The molecule has 2 saturated carbocycles. The Morgan fingerprint density at radius 2 is 1.75 bits per heavy atom. The lowest BCUT2D eigenvalue weighted by molar-refractivity contribution is -0.137. The number of fused-ring (bicyclic) bond motifs is 9. The largest absolute Gasteiger partial charge is 0.483 e. The minimum atomic E-state index is -0.492. The molecule has 14 heteroatoms. The van der Waals surface area contributed by atoms with Gasteiger partial charge in [-0.2, -0.15) is 0 Å². The van der Waals surface area contributed by atoms with E-state index in [1.165, 1.54) is 16.2 Å². The number of amides is 3. The summed E-state index contributed by atoms with van der Waals surface area (Å²) in [6.07, 6.45) is 0.736. The summed E-state index contributed by atoms with van der Waals surface area (Å²) in [6.45, 7) is 3.88. The van der Waals surface area contributed by atoms with Crippen LogP contribution in [-0.4, -0.2) is 78.3 Å². The van der Waals surface area contributed by atoms with Gasteiger partial charge in [-0.1, -0.05) is 27.3 Å². The molecule has 2 bridgehead atoms. The van der Waals surface area contributed by atoms with E-state index in [0.717, 1.165) is 26.4 Å². The van der Waals surface area contributed by atoms with Crippen LogP contribution < -0.4 is 14.5 Å². The Hall–Kier alpha value is -3.46. The number of imide groups is 1. The van der Waals surface area contributed by atoms with Crippen LogP contribution in [-0.2, 0) is 23.9 Å². The standard InChI is InChI=1S/C34H32BrN3O8S2/c1-2-45-33(42)16-3-6-18(7-4-16)38-31(40)26-20-14-21(27(26)32(38)41)28-25(20)24(29-30(47-28)36-34(43)48-29)19-13-17(35)5-8-22(19)46-15-23(39)37-9-11-44-12-10-37/h3-8,13,20-21,24-28H,2,9-12,14-15H2,1H3,(H,36,43)/t20-,21-,24+,25-,26+,27+,28-/m1/s1. The molecule has 250 valence electrons. The molecule has 2 aliphatic carbocycles. The molecule has 0 spiro atoms. The highest BCUT2D eigenvalue weighted by Gasteiger charge is 2.70. The van der Waals surface area contributed by atoms with Crippen LogP contribution in [0.3, 0.4) is 0 Å². The minimum Gasteiger partial charge on any atom is -0.483 e. The number of carbonyl (C=O) groups is 4. The number of nitrogens with zero attached hydrogens (tertiary/aromatic N) is 2. The summed E-state index contributed by atoms with van der Waals surface area (Å²) in [7, 11) is 0. The monoisotopic (exact) mass is 753 g/mol. The molecule has 2 saturated heterocycles. The third kappa shape index (κ3) is 5.14. The average molecular weight is 755 g/mol. The Morgan fingerprint density at radius 1 is 1.02 bits per heavy atom. The molecule has 48 heavy (non-hydrogen) atoms. The number of thioether (sulfide) groups is 1. The first-order chi connectivity index (χ1) is 23.2. The van der Waals surface area contributed by atoms with E-state index in [1.807, 2.05) is 18.2 Å². The van der Waals surface area contributed by atoms with Gasteiger partial charge in [0, 0.05) is 39.2 Å². The Bertz CT molecular complexity index is 1870. The predicted molar refractivity (Wildman–Crippen MR) is 180 cm³/mol. The van der Waals surface area contributed by atoms with E-state index < -0.39 is 17.8 Å². The van der Waals surface area contributed by atoms with Gasteiger partial charge in [-0.05, 0) is 73.6 Å². The Kier molecular flexibility index (Phi) is 8.25. The van der Waals surface area contributed by atoms with Crippen LogP contribution >= 0.6 is 39.0 Å². The molecule has 3 aromatic rings. The highest BCUT2D eigenvalue weighted by atomic mass is 79.9. The molecule has 4 fully saturated rings. The summed E-state index contributed by atoms with van der Waals surface area (Å²) in [5.74, 6) is -1.91. The van der Waals surface area contributed by atoms with Gasteiger partial charge < -0.3 is 24.1 Å². The molecule has 2 aromatic carbocycles. The zero-order valence-electron chi connectivity index (χ0n) is 25.9. The number of esters is 1. The van der Waals surface area contributed by atoms with Gasteiger partial charge >= 0.3 is 10.8 Å². The van der Waals surface area contributed by atoms with Gasteiger partial charge in [0.2, 0.25) is 11.8 Å². The minimum absolute atomic E-state index is 0.0105. The number of carbonyl (C=O) groups excluding carboxylic acids is 4. The molecule has 7 atom stereocenters. The third-order valence-electron chi connectivity index (χ3n) is 10.4. The number of hydrogen-bond acceptors (Lipinski definition) is 10. The molecule has 3 aliphatic heterocycles. The Balaban J connectivity index is 1.13. The number of hydrogen-bond donors (Lipinski definition) is 1. The molecule has 8 rings (SSSR count). The summed E-state index contributed by atoms with van der Waals surface area (Å²) >= 11 is 6.42. The second kappa shape index (κ2) is 12.5. The van der Waals surface area contributed by atoms with Crippen molar-refractivity contribution in [1.82, 2.24) is 9.88 Å². The van der Waals surface area contributed by atoms with Gasteiger partial charge in [-0.25, -0.2) is 4.79 Å². The number of aromatic amines is 1. The van der Waals surface area contributed by atoms with Crippen LogP contribution in [0.2, 0.25) is 0 Å². The second-order valence-electron chi connectivity index (χ2n) is 12.7. The normalized spacial score (nSPS) is 28.7. The van der Waals surface area contributed by atoms with Gasteiger partial charge in [-0.3, -0.25) is 24.1 Å². The zero-order valence-corrected chi connectivity index (χ0v) is 29.1. The first-order valence-corrected chi connectivity index (χ1v) is 18.6. The topological polar surface area (TPSA) is 135 Å². The van der Waals surface area contributed by atoms with Crippen LogP contribution in [0.4, 0.5) is 5.69 Å². The maximum Gasteiger partial charge on any atom is 0.338 e. The highest BCUT2D eigenvalue weighted by Crippen LogP contribution is 2.69. The quantitative estimate of drug-likeness (QED) is 0.277. The van der Waals surface area contributed by atoms with Crippen molar-refractivity contribution in [2.24, 2.45) is 29.6 Å².